The highest BCUT2D eigenvalue weighted by Gasteiger charge is 2.14. The number of nitrogen functional groups attached to an aromatic ring is 1. The summed E-state index contributed by atoms with van der Waals surface area (Å²) in [6.07, 6.45) is 0. The number of alkyl halides is 2. The van der Waals surface area contributed by atoms with E-state index < -0.39 is 17.5 Å². The Kier molecular flexibility index (Phi) is 4.74. The summed E-state index contributed by atoms with van der Waals surface area (Å²) in [6, 6.07) is 9.54. The van der Waals surface area contributed by atoms with Gasteiger partial charge < -0.3 is 11.1 Å². The number of nitrogens with one attached hydrogen (secondary N) is 1. The van der Waals surface area contributed by atoms with Crippen LogP contribution in [0.4, 0.5) is 24.5 Å². The predicted molar refractivity (Wildman–Crippen MR) is 77.1 cm³/mol. The number of nitrogens with two attached hydrogens (primary N) is 1. The van der Waals surface area contributed by atoms with Crippen LogP contribution in [0.15, 0.2) is 47.4 Å². The molecule has 0 heterocycles. The Morgan fingerprint density at radius 3 is 2.57 bits per heavy atom. The average molecular weight is 312 g/mol. The summed E-state index contributed by atoms with van der Waals surface area (Å²) >= 11 is 0.330. The second-order valence-electron chi connectivity index (χ2n) is 4.06. The monoisotopic (exact) mass is 312 g/mol. The molecule has 0 unspecified atom stereocenters. The molecular formula is C14H11F3N2OS. The molecule has 21 heavy (non-hydrogen) atoms. The van der Waals surface area contributed by atoms with Crippen molar-refractivity contribution in [2.75, 3.05) is 11.1 Å². The van der Waals surface area contributed by atoms with Crippen LogP contribution in [0.25, 0.3) is 0 Å². The number of benzene rings is 2. The average Bonchev–Trinajstić information content (AvgIpc) is 2.40. The molecule has 0 saturated heterocycles. The van der Waals surface area contributed by atoms with Crippen molar-refractivity contribution in [3.63, 3.8) is 0 Å². The van der Waals surface area contributed by atoms with Crippen molar-refractivity contribution in [3.8, 4) is 0 Å². The van der Waals surface area contributed by atoms with E-state index in [4.69, 9.17) is 5.73 Å². The van der Waals surface area contributed by atoms with E-state index in [-0.39, 0.29) is 21.8 Å². The molecule has 0 radical (unpaired) electrons. The lowest BCUT2D eigenvalue weighted by molar-refractivity contribution is 0.102. The van der Waals surface area contributed by atoms with Gasteiger partial charge in [0.25, 0.3) is 11.7 Å². The summed E-state index contributed by atoms with van der Waals surface area (Å²) in [5.74, 6) is -3.74. The first kappa shape index (κ1) is 15.2. The summed E-state index contributed by atoms with van der Waals surface area (Å²) in [4.78, 5) is 12.3. The van der Waals surface area contributed by atoms with Crippen molar-refractivity contribution in [2.24, 2.45) is 0 Å². The third-order valence-corrected chi connectivity index (χ3v) is 3.40. The largest absolute Gasteiger partial charge is 0.398 e. The third-order valence-electron chi connectivity index (χ3n) is 2.61. The number of anilines is 2. The van der Waals surface area contributed by atoms with Crippen molar-refractivity contribution in [2.45, 2.75) is 10.7 Å². The van der Waals surface area contributed by atoms with Crippen LogP contribution < -0.4 is 11.1 Å². The van der Waals surface area contributed by atoms with Gasteiger partial charge in [-0.05, 0) is 30.3 Å². The van der Waals surface area contributed by atoms with Gasteiger partial charge in [0.2, 0.25) is 0 Å². The molecule has 3 N–H and O–H groups in total. The molecule has 0 spiro atoms. The molecule has 0 aliphatic heterocycles. The number of rotatable bonds is 4. The van der Waals surface area contributed by atoms with Crippen molar-refractivity contribution in [3.05, 3.63) is 53.8 Å². The Bertz CT molecular complexity index is 664. The van der Waals surface area contributed by atoms with Crippen LogP contribution in [0.5, 0.6) is 0 Å². The molecular weight excluding hydrogens is 301 g/mol. The number of hydrogen-bond acceptors (Lipinski definition) is 3. The minimum Gasteiger partial charge on any atom is -0.398 e. The molecule has 7 heteroatoms. The Balaban J connectivity index is 2.23. The zero-order chi connectivity index (χ0) is 15.4. The molecule has 110 valence electrons. The highest BCUT2D eigenvalue weighted by molar-refractivity contribution is 7.99. The molecule has 0 bridgehead atoms. The number of para-hydroxylation sites is 1. The smallest absolute Gasteiger partial charge is 0.288 e. The number of thioether (sulfide) groups is 1. The molecule has 3 nitrogen and oxygen atoms in total. The van der Waals surface area contributed by atoms with E-state index in [0.717, 1.165) is 12.1 Å². The number of carbonyl (C=O) groups is 1. The summed E-state index contributed by atoms with van der Waals surface area (Å²) in [7, 11) is 0. The van der Waals surface area contributed by atoms with Crippen LogP contribution in [0.1, 0.15) is 10.4 Å². The van der Waals surface area contributed by atoms with Crippen molar-refractivity contribution in [1.29, 1.82) is 0 Å². The quantitative estimate of drug-likeness (QED) is 0.663. The number of carbonyl (C=O) groups excluding carboxylic acids is 1. The van der Waals surface area contributed by atoms with Gasteiger partial charge in [0.15, 0.2) is 0 Å². The SMILES string of the molecule is Nc1cc(F)ccc1C(=O)Nc1ccccc1SC(F)F. The molecule has 0 atom stereocenters. The Hall–Kier alpha value is -2.15. The lowest BCUT2D eigenvalue weighted by Gasteiger charge is -2.11. The highest BCUT2D eigenvalue weighted by Crippen LogP contribution is 2.32. The van der Waals surface area contributed by atoms with Gasteiger partial charge in [-0.3, -0.25) is 4.79 Å². The number of amides is 1. The first-order valence-electron chi connectivity index (χ1n) is 5.87. The van der Waals surface area contributed by atoms with Crippen LogP contribution in [0, 0.1) is 5.82 Å². The fourth-order valence-electron chi connectivity index (χ4n) is 1.70. The molecule has 2 rings (SSSR count). The van der Waals surface area contributed by atoms with Crippen LogP contribution >= 0.6 is 11.8 Å². The summed E-state index contributed by atoms with van der Waals surface area (Å²) in [5.41, 5.74) is 5.87. The molecule has 1 amide bonds. The second kappa shape index (κ2) is 6.53. The fourth-order valence-corrected chi connectivity index (χ4v) is 2.29. The van der Waals surface area contributed by atoms with Gasteiger partial charge in [-0.15, -0.1) is 0 Å². The lowest BCUT2D eigenvalue weighted by Crippen LogP contribution is -2.14. The minimum absolute atomic E-state index is 0.0218. The summed E-state index contributed by atoms with van der Waals surface area (Å²) < 4.78 is 37.9. The van der Waals surface area contributed by atoms with Gasteiger partial charge in [-0.25, -0.2) is 4.39 Å². The van der Waals surface area contributed by atoms with Gasteiger partial charge in [0.05, 0.1) is 11.3 Å². The van der Waals surface area contributed by atoms with Crippen LogP contribution in [-0.4, -0.2) is 11.7 Å². The van der Waals surface area contributed by atoms with E-state index in [1.807, 2.05) is 0 Å². The first-order valence-corrected chi connectivity index (χ1v) is 6.75. The summed E-state index contributed by atoms with van der Waals surface area (Å²) in [5, 5.41) is 2.50. The van der Waals surface area contributed by atoms with E-state index in [9.17, 15) is 18.0 Å². The van der Waals surface area contributed by atoms with E-state index in [2.05, 4.69) is 5.32 Å². The van der Waals surface area contributed by atoms with E-state index in [1.165, 1.54) is 18.2 Å². The van der Waals surface area contributed by atoms with Gasteiger partial charge in [-0.1, -0.05) is 23.9 Å². The normalized spacial score (nSPS) is 10.7. The van der Waals surface area contributed by atoms with Gasteiger partial charge in [-0.2, -0.15) is 8.78 Å². The van der Waals surface area contributed by atoms with E-state index in [1.54, 1.807) is 12.1 Å². The molecule has 2 aromatic rings. The third kappa shape index (κ3) is 3.91. The minimum atomic E-state index is -2.60. The van der Waals surface area contributed by atoms with E-state index >= 15 is 0 Å². The van der Waals surface area contributed by atoms with Crippen LogP contribution in [-0.2, 0) is 0 Å². The number of hydrogen-bond donors (Lipinski definition) is 2. The fraction of sp³-hybridized carbons (Fsp3) is 0.0714. The molecule has 0 aliphatic carbocycles. The molecule has 0 aromatic heterocycles. The number of halogens is 3. The topological polar surface area (TPSA) is 55.1 Å². The van der Waals surface area contributed by atoms with Crippen LogP contribution in [0.3, 0.4) is 0 Å². The summed E-state index contributed by atoms with van der Waals surface area (Å²) in [6.45, 7) is 0. The zero-order valence-corrected chi connectivity index (χ0v) is 11.5. The highest BCUT2D eigenvalue weighted by atomic mass is 32.2. The Morgan fingerprint density at radius 2 is 1.90 bits per heavy atom. The predicted octanol–water partition coefficient (Wildman–Crippen LogP) is 3.97. The van der Waals surface area contributed by atoms with Crippen molar-refractivity contribution in [1.82, 2.24) is 0 Å². The second-order valence-corrected chi connectivity index (χ2v) is 5.09. The Labute approximate surface area is 123 Å². The van der Waals surface area contributed by atoms with Crippen molar-refractivity contribution >= 4 is 29.0 Å². The standard InChI is InChI=1S/C14H11F3N2OS/c15-8-5-6-9(10(18)7-8)13(20)19-11-3-1-2-4-12(11)21-14(16)17/h1-7,14H,18H2,(H,19,20). The molecule has 0 fully saturated rings. The van der Waals surface area contributed by atoms with Crippen LogP contribution in [0.2, 0.25) is 0 Å². The van der Waals surface area contributed by atoms with E-state index in [0.29, 0.717) is 11.8 Å². The lowest BCUT2D eigenvalue weighted by atomic mass is 10.1. The van der Waals surface area contributed by atoms with Crippen molar-refractivity contribution < 1.29 is 18.0 Å². The maximum Gasteiger partial charge on any atom is 0.288 e. The first-order chi connectivity index (χ1) is 9.97. The zero-order valence-electron chi connectivity index (χ0n) is 10.6. The Morgan fingerprint density at radius 1 is 1.19 bits per heavy atom. The maximum atomic E-state index is 12.9. The maximum absolute atomic E-state index is 12.9. The van der Waals surface area contributed by atoms with Gasteiger partial charge >= 0.3 is 0 Å². The molecule has 0 aliphatic rings. The van der Waals surface area contributed by atoms with Gasteiger partial charge in [0.1, 0.15) is 5.82 Å². The molecule has 2 aromatic carbocycles. The molecule has 0 saturated carbocycles. The van der Waals surface area contributed by atoms with Gasteiger partial charge in [0, 0.05) is 10.6 Å².